The van der Waals surface area contributed by atoms with Gasteiger partial charge in [-0.05, 0) is 41.5 Å². The summed E-state index contributed by atoms with van der Waals surface area (Å²) in [6.45, 7) is 26.3. The Balaban J connectivity index is 0. The number of aliphatic hydroxyl groups is 2. The van der Waals surface area contributed by atoms with Gasteiger partial charge in [-0.25, -0.2) is 0 Å². The minimum atomic E-state index is -0.757. The summed E-state index contributed by atoms with van der Waals surface area (Å²) < 4.78 is 7.50. The van der Waals surface area contributed by atoms with Crippen LogP contribution in [0.25, 0.3) is 0 Å². The van der Waals surface area contributed by atoms with Crippen LogP contribution in [0.4, 0.5) is 5.69 Å². The van der Waals surface area contributed by atoms with Crippen molar-refractivity contribution in [1.29, 1.82) is 0 Å². The molecule has 4 heteroatoms. The Bertz CT molecular complexity index is 601. The van der Waals surface area contributed by atoms with Gasteiger partial charge in [0.1, 0.15) is 0 Å². The number of hydrogen-bond donors (Lipinski definition) is 2. The average Bonchev–Trinajstić information content (AvgIpc) is 2.41. The van der Waals surface area contributed by atoms with Gasteiger partial charge in [0.15, 0.2) is 0 Å². The van der Waals surface area contributed by atoms with Crippen molar-refractivity contribution in [3.05, 3.63) is 29.3 Å². The Morgan fingerprint density at radius 3 is 1.31 bits per heavy atom. The second-order valence-electron chi connectivity index (χ2n) is 11.1. The normalized spacial score (nSPS) is 11.9. The van der Waals surface area contributed by atoms with Crippen molar-refractivity contribution in [2.45, 2.75) is 113 Å². The third kappa shape index (κ3) is 22.0. The van der Waals surface area contributed by atoms with E-state index < -0.39 is 29.1 Å². The maximum atomic E-state index is 8.52. The molecule has 1 aromatic carbocycles. The van der Waals surface area contributed by atoms with Crippen molar-refractivity contribution in [2.75, 3.05) is 0 Å². The fourth-order valence-corrected chi connectivity index (χ4v) is 4.32. The standard InChI is InChI=1S/C12H17N.C5H10.2C4H10O.W/c1-8(2)10-6-5-7-11(9(3)4)12(10)13;1-5(2,3)4;2*1-4(2,3)5;/h5-9H,1-4H3;1H,2-4H3;2*5H,1-3H3;. The quantitative estimate of drug-likeness (QED) is 0.398. The van der Waals surface area contributed by atoms with Gasteiger partial charge in [-0.3, -0.25) is 0 Å². The Morgan fingerprint density at radius 1 is 0.759 bits per heavy atom. The van der Waals surface area contributed by atoms with Gasteiger partial charge in [-0.1, -0.05) is 0 Å². The molecule has 0 unspecified atom stereocenters. The summed E-state index contributed by atoms with van der Waals surface area (Å²) in [7, 11) is 0. The number of rotatable bonds is 3. The summed E-state index contributed by atoms with van der Waals surface area (Å²) in [5, 5.41) is 17.0. The molecule has 0 radical (unpaired) electrons. The Morgan fingerprint density at radius 2 is 1.07 bits per heavy atom. The summed E-state index contributed by atoms with van der Waals surface area (Å²) in [6, 6.07) is 6.67. The fourth-order valence-electron chi connectivity index (χ4n) is 1.85. The molecule has 0 aromatic heterocycles. The van der Waals surface area contributed by atoms with Crippen LogP contribution in [-0.4, -0.2) is 25.8 Å². The van der Waals surface area contributed by atoms with Crippen molar-refractivity contribution in [3.63, 3.8) is 0 Å². The van der Waals surface area contributed by atoms with Crippen LogP contribution < -0.4 is 0 Å². The van der Waals surface area contributed by atoms with E-state index in [2.05, 4.69) is 71.1 Å². The molecule has 0 bridgehead atoms. The summed E-state index contributed by atoms with van der Waals surface area (Å²) in [5.41, 5.74) is 3.42. The van der Waals surface area contributed by atoms with Crippen LogP contribution in [0.2, 0.25) is 0 Å². The zero-order chi connectivity index (χ0) is 23.6. The summed E-state index contributed by atoms with van der Waals surface area (Å²) in [4.78, 5) is 0. The average molecular weight is 577 g/mol. The first-order chi connectivity index (χ1) is 12.7. The minimum absolute atomic E-state index is 0.304. The molecule has 0 aliphatic carbocycles. The summed E-state index contributed by atoms with van der Waals surface area (Å²) in [6.07, 6.45) is 0. The maximum absolute atomic E-state index is 8.52. The van der Waals surface area contributed by atoms with Gasteiger partial charge in [0.25, 0.3) is 0 Å². The fraction of sp³-hybridized carbons (Fsp3) is 0.720. The second-order valence-corrected chi connectivity index (χ2v) is 13.4. The first-order valence-corrected chi connectivity index (χ1v) is 13.5. The summed E-state index contributed by atoms with van der Waals surface area (Å²) >= 11 is -0.757. The first-order valence-electron chi connectivity index (χ1n) is 10.5. The van der Waals surface area contributed by atoms with E-state index in [1.807, 2.05) is 0 Å². The third-order valence-corrected chi connectivity index (χ3v) is 6.85. The van der Waals surface area contributed by atoms with Gasteiger partial charge in [0.2, 0.25) is 0 Å². The van der Waals surface area contributed by atoms with Crippen molar-refractivity contribution in [2.24, 2.45) is 8.91 Å². The predicted molar refractivity (Wildman–Crippen MR) is 126 cm³/mol. The predicted octanol–water partition coefficient (Wildman–Crippen LogP) is 7.23. The van der Waals surface area contributed by atoms with E-state index in [0.717, 1.165) is 0 Å². The number of benzene rings is 1. The third-order valence-electron chi connectivity index (χ3n) is 2.89. The Hall–Kier alpha value is -0.502. The van der Waals surface area contributed by atoms with Crippen LogP contribution in [0.1, 0.15) is 113 Å². The van der Waals surface area contributed by atoms with Crippen LogP contribution in [-0.2, 0) is 17.9 Å². The monoisotopic (exact) mass is 577 g/mol. The molecular formula is C25H47NO2W. The van der Waals surface area contributed by atoms with Gasteiger partial charge >= 0.3 is 127 Å². The van der Waals surface area contributed by atoms with Gasteiger partial charge in [0, 0.05) is 0 Å². The zero-order valence-corrected chi connectivity index (χ0v) is 24.1. The van der Waals surface area contributed by atoms with E-state index in [4.69, 9.17) is 13.7 Å². The van der Waals surface area contributed by atoms with E-state index in [9.17, 15) is 0 Å². The Labute approximate surface area is 189 Å². The van der Waals surface area contributed by atoms with Crippen LogP contribution in [0, 0.1) is 5.41 Å². The van der Waals surface area contributed by atoms with Gasteiger partial charge < -0.3 is 10.2 Å². The van der Waals surface area contributed by atoms with Gasteiger partial charge in [-0.2, -0.15) is 0 Å². The van der Waals surface area contributed by atoms with Crippen LogP contribution in [0.5, 0.6) is 0 Å². The molecule has 0 saturated carbocycles. The molecule has 0 heterocycles. The van der Waals surface area contributed by atoms with Crippen LogP contribution in [0.3, 0.4) is 0 Å². The summed E-state index contributed by atoms with van der Waals surface area (Å²) in [5.74, 6) is 1.09. The van der Waals surface area contributed by atoms with Gasteiger partial charge in [-0.15, -0.1) is 0 Å². The molecule has 29 heavy (non-hydrogen) atoms. The van der Waals surface area contributed by atoms with E-state index in [1.165, 1.54) is 16.8 Å². The molecule has 3 nitrogen and oxygen atoms in total. The molecule has 0 spiro atoms. The topological polar surface area (TPSA) is 52.8 Å². The molecule has 0 aliphatic heterocycles. The zero-order valence-electron chi connectivity index (χ0n) is 21.2. The molecule has 0 aliphatic rings. The van der Waals surface area contributed by atoms with E-state index in [0.29, 0.717) is 17.3 Å². The van der Waals surface area contributed by atoms with E-state index in [-0.39, 0.29) is 0 Å². The second kappa shape index (κ2) is 13.0. The van der Waals surface area contributed by atoms with Crippen LogP contribution in [0.15, 0.2) is 21.7 Å². The number of nitrogens with zero attached hydrogens (tertiary/aromatic N) is 1. The molecule has 0 fully saturated rings. The van der Waals surface area contributed by atoms with E-state index in [1.54, 1.807) is 41.5 Å². The molecule has 0 atom stereocenters. The SMILES string of the molecule is CC(C)(C)O.CC(C)(C)O.CC(C)c1cccc(C(C)C)c1[N]=[W]=[CH]C(C)(C)C. The first kappa shape index (κ1) is 30.7. The molecule has 170 valence electrons. The molecule has 0 saturated heterocycles. The van der Waals surface area contributed by atoms with Gasteiger partial charge in [0.05, 0.1) is 11.2 Å². The van der Waals surface area contributed by atoms with Crippen molar-refractivity contribution >= 4 is 10.1 Å². The number of hydrogen-bond acceptors (Lipinski definition) is 3. The molecular weight excluding hydrogens is 530 g/mol. The van der Waals surface area contributed by atoms with E-state index >= 15 is 0 Å². The van der Waals surface area contributed by atoms with Crippen molar-refractivity contribution < 1.29 is 28.1 Å². The molecule has 2 N–H and O–H groups in total. The molecule has 1 aromatic rings. The molecule has 0 amide bonds. The Kier molecular flexibility index (Phi) is 13.8. The van der Waals surface area contributed by atoms with Crippen LogP contribution >= 0.6 is 0 Å². The van der Waals surface area contributed by atoms with Crippen molar-refractivity contribution in [1.82, 2.24) is 0 Å². The molecule has 1 rings (SSSR count). The van der Waals surface area contributed by atoms with Crippen molar-refractivity contribution in [3.8, 4) is 0 Å².